The van der Waals surface area contributed by atoms with Crippen LogP contribution in [0.2, 0.25) is 0 Å². The van der Waals surface area contributed by atoms with Crippen molar-refractivity contribution < 1.29 is 4.79 Å². The molecule has 1 aromatic carbocycles. The van der Waals surface area contributed by atoms with Gasteiger partial charge in [-0.1, -0.05) is 35.8 Å². The molecule has 0 aliphatic heterocycles. The molecule has 0 aromatic heterocycles. The molecule has 14 heavy (non-hydrogen) atoms. The Morgan fingerprint density at radius 1 is 1.50 bits per heavy atom. The molecule has 1 rings (SSSR count). The van der Waals surface area contributed by atoms with Gasteiger partial charge in [0.05, 0.1) is 6.04 Å². The average molecular weight is 208 g/mol. The molecule has 1 atom stereocenters. The number of rotatable bonds is 4. The Labute approximate surface area is 89.7 Å². The van der Waals surface area contributed by atoms with Crippen LogP contribution in [0.4, 0.5) is 0 Å². The summed E-state index contributed by atoms with van der Waals surface area (Å²) in [6.45, 7) is 0. The molecular weight excluding hydrogens is 195 g/mol. The van der Waals surface area contributed by atoms with E-state index in [9.17, 15) is 4.79 Å². The van der Waals surface area contributed by atoms with Crippen molar-refractivity contribution in [1.29, 1.82) is 0 Å². The van der Waals surface area contributed by atoms with Gasteiger partial charge >= 0.3 is 0 Å². The van der Waals surface area contributed by atoms with E-state index < -0.39 is 6.04 Å². The minimum Gasteiger partial charge on any atom is -0.396 e. The molecule has 0 aliphatic carbocycles. The highest BCUT2D eigenvalue weighted by atomic mass is 32.1. The largest absolute Gasteiger partial charge is 0.396 e. The van der Waals surface area contributed by atoms with Crippen molar-refractivity contribution in [2.75, 3.05) is 5.75 Å². The highest BCUT2D eigenvalue weighted by Gasteiger charge is 2.10. The molecule has 0 saturated carbocycles. The van der Waals surface area contributed by atoms with E-state index in [-0.39, 0.29) is 5.91 Å². The molecule has 0 bridgehead atoms. The molecule has 0 saturated heterocycles. The summed E-state index contributed by atoms with van der Waals surface area (Å²) in [6.07, 6.45) is 0. The van der Waals surface area contributed by atoms with Gasteiger partial charge in [-0.3, -0.25) is 4.79 Å². The maximum absolute atomic E-state index is 11.3. The molecule has 3 N–H and O–H groups in total. The third-order valence-corrected chi connectivity index (χ3v) is 2.24. The van der Waals surface area contributed by atoms with Crippen LogP contribution in [0.5, 0.6) is 0 Å². The minimum atomic E-state index is -0.526. The summed E-state index contributed by atoms with van der Waals surface area (Å²) < 4.78 is 0. The lowest BCUT2D eigenvalue weighted by Gasteiger charge is -2.08. The molecule has 0 radical (unpaired) electrons. The van der Waals surface area contributed by atoms with Gasteiger partial charge in [0.15, 0.2) is 0 Å². The maximum Gasteiger partial charge on any atom is 0.269 e. The molecule has 1 aromatic rings. The standard InChI is InChI=1S/C9H13BN2OS/c11-8(6-14)9(13)12-10-7-4-2-1-3-5-7/h1-5,8,10,14H,6,11H2,(H,12,13)/t8-/m1/s1. The van der Waals surface area contributed by atoms with Crippen LogP contribution in [0.25, 0.3) is 0 Å². The quantitative estimate of drug-likeness (QED) is 0.440. The van der Waals surface area contributed by atoms with Crippen LogP contribution in [-0.4, -0.2) is 25.1 Å². The molecule has 74 valence electrons. The van der Waals surface area contributed by atoms with Gasteiger partial charge in [-0.05, 0) is 0 Å². The molecule has 0 spiro atoms. The Morgan fingerprint density at radius 3 is 2.71 bits per heavy atom. The Hall–Kier alpha value is -0.935. The maximum atomic E-state index is 11.3. The summed E-state index contributed by atoms with van der Waals surface area (Å²) in [5.41, 5.74) is 6.55. The van der Waals surface area contributed by atoms with E-state index >= 15 is 0 Å². The van der Waals surface area contributed by atoms with Crippen molar-refractivity contribution in [2.24, 2.45) is 5.73 Å². The molecule has 0 heterocycles. The summed E-state index contributed by atoms with van der Waals surface area (Å²) in [4.78, 5) is 11.3. The molecule has 5 heteroatoms. The summed E-state index contributed by atoms with van der Waals surface area (Å²) in [6, 6.07) is 9.17. The second-order valence-electron chi connectivity index (χ2n) is 2.99. The number of carbonyl (C=O) groups excluding carboxylic acids is 1. The van der Waals surface area contributed by atoms with E-state index in [1.807, 2.05) is 30.3 Å². The van der Waals surface area contributed by atoms with Gasteiger partial charge in [0.25, 0.3) is 7.41 Å². The van der Waals surface area contributed by atoms with Crippen LogP contribution in [0.15, 0.2) is 30.3 Å². The Balaban J connectivity index is 2.38. The summed E-state index contributed by atoms with van der Waals surface area (Å²) in [7, 11) is 0.515. The molecule has 3 nitrogen and oxygen atoms in total. The third-order valence-electron chi connectivity index (χ3n) is 1.84. The average Bonchev–Trinajstić information content (AvgIpc) is 2.26. The highest BCUT2D eigenvalue weighted by Crippen LogP contribution is 1.83. The monoisotopic (exact) mass is 208 g/mol. The molecule has 1 amide bonds. The Morgan fingerprint density at radius 2 is 2.14 bits per heavy atom. The zero-order valence-electron chi connectivity index (χ0n) is 7.81. The zero-order chi connectivity index (χ0) is 10.4. The van der Waals surface area contributed by atoms with Gasteiger partial charge in [-0.15, -0.1) is 0 Å². The molecule has 0 fully saturated rings. The Bertz CT molecular complexity index is 294. The van der Waals surface area contributed by atoms with Crippen LogP contribution in [0.1, 0.15) is 0 Å². The lowest BCUT2D eigenvalue weighted by Crippen LogP contribution is -2.46. The lowest BCUT2D eigenvalue weighted by atomic mass is 9.83. The van der Waals surface area contributed by atoms with Crippen molar-refractivity contribution in [3.05, 3.63) is 30.3 Å². The van der Waals surface area contributed by atoms with E-state index in [2.05, 4.69) is 17.9 Å². The van der Waals surface area contributed by atoms with Crippen LogP contribution in [-0.2, 0) is 4.79 Å². The predicted octanol–water partition coefficient (Wildman–Crippen LogP) is -0.963. The second-order valence-corrected chi connectivity index (χ2v) is 3.36. The fraction of sp³-hybridized carbons (Fsp3) is 0.222. The van der Waals surface area contributed by atoms with Crippen LogP contribution in [0.3, 0.4) is 0 Å². The number of carbonyl (C=O) groups is 1. The first-order valence-corrected chi connectivity index (χ1v) is 5.05. The van der Waals surface area contributed by atoms with E-state index in [1.165, 1.54) is 0 Å². The Kier molecular flexibility index (Phi) is 4.55. The summed E-state index contributed by atoms with van der Waals surface area (Å²) >= 11 is 3.95. The van der Waals surface area contributed by atoms with E-state index in [1.54, 1.807) is 0 Å². The fourth-order valence-electron chi connectivity index (χ4n) is 0.999. The number of hydrogen-bond acceptors (Lipinski definition) is 3. The van der Waals surface area contributed by atoms with Crippen molar-refractivity contribution in [3.8, 4) is 0 Å². The predicted molar refractivity (Wildman–Crippen MR) is 63.2 cm³/mol. The number of benzene rings is 1. The smallest absolute Gasteiger partial charge is 0.269 e. The number of nitrogens with two attached hydrogens (primary N) is 1. The molecule has 0 unspecified atom stereocenters. The molecule has 0 aliphatic rings. The number of thiol groups is 1. The van der Waals surface area contributed by atoms with Gasteiger partial charge in [-0.25, -0.2) is 0 Å². The first-order valence-electron chi connectivity index (χ1n) is 4.42. The number of nitrogens with one attached hydrogen (secondary N) is 1. The number of amides is 1. The fourth-order valence-corrected chi connectivity index (χ4v) is 1.16. The van der Waals surface area contributed by atoms with Crippen molar-refractivity contribution in [1.82, 2.24) is 5.23 Å². The van der Waals surface area contributed by atoms with Crippen LogP contribution < -0.4 is 16.4 Å². The number of hydrogen-bond donors (Lipinski definition) is 3. The third kappa shape index (κ3) is 3.43. The van der Waals surface area contributed by atoms with Crippen molar-refractivity contribution in [3.63, 3.8) is 0 Å². The van der Waals surface area contributed by atoms with Gasteiger partial charge in [0, 0.05) is 5.75 Å². The first kappa shape index (κ1) is 11.1. The summed E-state index contributed by atoms with van der Waals surface area (Å²) in [5, 5.41) is 2.74. The van der Waals surface area contributed by atoms with E-state index in [0.29, 0.717) is 13.2 Å². The van der Waals surface area contributed by atoms with Gasteiger partial charge in [0.1, 0.15) is 0 Å². The van der Waals surface area contributed by atoms with Crippen LogP contribution in [0, 0.1) is 0 Å². The second kappa shape index (κ2) is 5.72. The van der Waals surface area contributed by atoms with E-state index in [0.717, 1.165) is 5.46 Å². The van der Waals surface area contributed by atoms with Crippen LogP contribution >= 0.6 is 12.6 Å². The van der Waals surface area contributed by atoms with Crippen molar-refractivity contribution >= 4 is 31.4 Å². The SMILES string of the molecule is N[C@H](CS)C(=O)NBc1ccccc1. The normalized spacial score (nSPS) is 11.9. The first-order chi connectivity index (χ1) is 6.74. The summed E-state index contributed by atoms with van der Waals surface area (Å²) in [5.74, 6) is 0.199. The topological polar surface area (TPSA) is 55.1 Å². The van der Waals surface area contributed by atoms with Gasteiger partial charge in [0.2, 0.25) is 5.91 Å². The minimum absolute atomic E-state index is 0.163. The highest BCUT2D eigenvalue weighted by molar-refractivity contribution is 7.80. The lowest BCUT2D eigenvalue weighted by molar-refractivity contribution is -0.120. The van der Waals surface area contributed by atoms with Crippen molar-refractivity contribution in [2.45, 2.75) is 6.04 Å². The zero-order valence-corrected chi connectivity index (χ0v) is 8.71. The van der Waals surface area contributed by atoms with Gasteiger partial charge < -0.3 is 11.0 Å². The van der Waals surface area contributed by atoms with E-state index in [4.69, 9.17) is 5.73 Å². The molecular formula is C9H13BN2OS. The van der Waals surface area contributed by atoms with Gasteiger partial charge in [-0.2, -0.15) is 12.6 Å².